The molecular weight excluding hydrogens is 188 g/mol. The van der Waals surface area contributed by atoms with Crippen molar-refractivity contribution in [2.24, 2.45) is 11.7 Å². The second-order valence-corrected chi connectivity index (χ2v) is 4.00. The zero-order chi connectivity index (χ0) is 11.7. The lowest BCUT2D eigenvalue weighted by molar-refractivity contribution is 0.0976. The van der Waals surface area contributed by atoms with Gasteiger partial charge in [0.1, 0.15) is 0 Å². The van der Waals surface area contributed by atoms with Crippen molar-refractivity contribution in [1.82, 2.24) is 4.90 Å². The molecule has 0 spiro atoms. The van der Waals surface area contributed by atoms with E-state index in [0.717, 1.165) is 26.2 Å². The standard InChI is InChI=1S/C12H28N2O/c1-5-11(6-2)12(10-13)14(7-3)8-9-15-4/h11-12H,5-10,13H2,1-4H3. The number of rotatable bonds is 9. The Balaban J connectivity index is 4.29. The van der Waals surface area contributed by atoms with Crippen molar-refractivity contribution >= 4 is 0 Å². The summed E-state index contributed by atoms with van der Waals surface area (Å²) >= 11 is 0. The van der Waals surface area contributed by atoms with Crippen molar-refractivity contribution < 1.29 is 4.74 Å². The maximum atomic E-state index is 5.89. The predicted molar refractivity (Wildman–Crippen MR) is 66.0 cm³/mol. The second-order valence-electron chi connectivity index (χ2n) is 4.00. The van der Waals surface area contributed by atoms with Crippen LogP contribution in [0.3, 0.4) is 0 Å². The summed E-state index contributed by atoms with van der Waals surface area (Å²) in [6.45, 7) is 10.3. The minimum Gasteiger partial charge on any atom is -0.383 e. The predicted octanol–water partition coefficient (Wildman–Crippen LogP) is 1.72. The van der Waals surface area contributed by atoms with Gasteiger partial charge < -0.3 is 10.5 Å². The average Bonchev–Trinajstić information content (AvgIpc) is 2.28. The van der Waals surface area contributed by atoms with Crippen molar-refractivity contribution in [3.63, 3.8) is 0 Å². The lowest BCUT2D eigenvalue weighted by Gasteiger charge is -2.35. The molecule has 0 aromatic carbocycles. The third-order valence-corrected chi connectivity index (χ3v) is 3.29. The molecular formula is C12H28N2O. The maximum absolute atomic E-state index is 5.89. The highest BCUT2D eigenvalue weighted by atomic mass is 16.5. The SMILES string of the molecule is CCC(CC)C(CN)N(CC)CCOC. The first-order valence-corrected chi connectivity index (χ1v) is 6.18. The molecule has 92 valence electrons. The van der Waals surface area contributed by atoms with Crippen LogP contribution in [0, 0.1) is 5.92 Å². The van der Waals surface area contributed by atoms with Crippen LogP contribution in [-0.4, -0.2) is 44.3 Å². The molecule has 0 bridgehead atoms. The third kappa shape index (κ3) is 4.96. The second kappa shape index (κ2) is 9.13. The largest absolute Gasteiger partial charge is 0.383 e. The number of hydrogen-bond acceptors (Lipinski definition) is 3. The number of hydrogen-bond donors (Lipinski definition) is 1. The van der Waals surface area contributed by atoms with Gasteiger partial charge in [-0.3, -0.25) is 4.90 Å². The van der Waals surface area contributed by atoms with E-state index in [4.69, 9.17) is 10.5 Å². The molecule has 0 radical (unpaired) electrons. The normalized spacial score (nSPS) is 13.8. The zero-order valence-electron chi connectivity index (χ0n) is 10.8. The summed E-state index contributed by atoms with van der Waals surface area (Å²) in [5.74, 6) is 0.715. The van der Waals surface area contributed by atoms with Crippen LogP contribution in [0.1, 0.15) is 33.6 Å². The summed E-state index contributed by atoms with van der Waals surface area (Å²) in [5, 5.41) is 0. The molecule has 0 amide bonds. The zero-order valence-corrected chi connectivity index (χ0v) is 10.8. The van der Waals surface area contributed by atoms with Crippen LogP contribution in [-0.2, 0) is 4.74 Å². The summed E-state index contributed by atoms with van der Waals surface area (Å²) in [6, 6.07) is 0.514. The van der Waals surface area contributed by atoms with Crippen LogP contribution >= 0.6 is 0 Å². The Hall–Kier alpha value is -0.120. The van der Waals surface area contributed by atoms with Crippen LogP contribution in [0.2, 0.25) is 0 Å². The fourth-order valence-corrected chi connectivity index (χ4v) is 2.24. The van der Waals surface area contributed by atoms with Gasteiger partial charge in [-0.25, -0.2) is 0 Å². The first-order chi connectivity index (χ1) is 7.24. The van der Waals surface area contributed by atoms with E-state index in [-0.39, 0.29) is 0 Å². The van der Waals surface area contributed by atoms with Crippen molar-refractivity contribution in [3.05, 3.63) is 0 Å². The van der Waals surface area contributed by atoms with Crippen molar-refractivity contribution in [2.45, 2.75) is 39.7 Å². The first kappa shape index (κ1) is 14.9. The highest BCUT2D eigenvalue weighted by Crippen LogP contribution is 2.17. The van der Waals surface area contributed by atoms with Crippen molar-refractivity contribution in [3.8, 4) is 0 Å². The Morgan fingerprint density at radius 1 is 1.20 bits per heavy atom. The average molecular weight is 216 g/mol. The first-order valence-electron chi connectivity index (χ1n) is 6.18. The number of ether oxygens (including phenoxy) is 1. The van der Waals surface area contributed by atoms with Gasteiger partial charge in [-0.05, 0) is 12.5 Å². The van der Waals surface area contributed by atoms with E-state index >= 15 is 0 Å². The Morgan fingerprint density at radius 3 is 2.13 bits per heavy atom. The Bertz CT molecular complexity index is 138. The number of likely N-dealkylation sites (N-methyl/N-ethyl adjacent to an activating group) is 1. The van der Waals surface area contributed by atoms with Gasteiger partial charge in [-0.15, -0.1) is 0 Å². The smallest absolute Gasteiger partial charge is 0.0589 e. The van der Waals surface area contributed by atoms with Crippen LogP contribution in [0.15, 0.2) is 0 Å². The highest BCUT2D eigenvalue weighted by molar-refractivity contribution is 4.78. The molecule has 2 N–H and O–H groups in total. The minimum absolute atomic E-state index is 0.514. The van der Waals surface area contributed by atoms with E-state index in [9.17, 15) is 0 Å². The van der Waals surface area contributed by atoms with Gasteiger partial charge in [-0.1, -0.05) is 33.6 Å². The van der Waals surface area contributed by atoms with E-state index in [1.54, 1.807) is 7.11 Å². The molecule has 1 atom stereocenters. The number of nitrogens with two attached hydrogens (primary N) is 1. The third-order valence-electron chi connectivity index (χ3n) is 3.29. The Kier molecular flexibility index (Phi) is 9.06. The molecule has 0 saturated heterocycles. The Morgan fingerprint density at radius 2 is 1.80 bits per heavy atom. The monoisotopic (exact) mass is 216 g/mol. The van der Waals surface area contributed by atoms with Gasteiger partial charge in [0.15, 0.2) is 0 Å². The molecule has 0 aromatic rings. The van der Waals surface area contributed by atoms with Crippen LogP contribution in [0.5, 0.6) is 0 Å². The fraction of sp³-hybridized carbons (Fsp3) is 1.00. The van der Waals surface area contributed by atoms with E-state index in [1.807, 2.05) is 0 Å². The Labute approximate surface area is 95.0 Å². The lowest BCUT2D eigenvalue weighted by atomic mass is 9.93. The number of methoxy groups -OCH3 is 1. The van der Waals surface area contributed by atoms with E-state index in [1.165, 1.54) is 12.8 Å². The van der Waals surface area contributed by atoms with Crippen LogP contribution in [0.25, 0.3) is 0 Å². The van der Waals surface area contributed by atoms with Gasteiger partial charge >= 0.3 is 0 Å². The molecule has 0 heterocycles. The summed E-state index contributed by atoms with van der Waals surface area (Å²) in [5.41, 5.74) is 5.89. The molecule has 0 saturated carbocycles. The van der Waals surface area contributed by atoms with E-state index in [0.29, 0.717) is 12.0 Å². The van der Waals surface area contributed by atoms with E-state index in [2.05, 4.69) is 25.7 Å². The van der Waals surface area contributed by atoms with Gasteiger partial charge in [0, 0.05) is 26.2 Å². The molecule has 0 aliphatic rings. The van der Waals surface area contributed by atoms with E-state index < -0.39 is 0 Å². The van der Waals surface area contributed by atoms with Gasteiger partial charge in [-0.2, -0.15) is 0 Å². The fourth-order valence-electron chi connectivity index (χ4n) is 2.24. The maximum Gasteiger partial charge on any atom is 0.0589 e. The molecule has 0 fully saturated rings. The van der Waals surface area contributed by atoms with Crippen molar-refractivity contribution in [2.75, 3.05) is 33.4 Å². The topological polar surface area (TPSA) is 38.5 Å². The molecule has 0 aliphatic heterocycles. The van der Waals surface area contributed by atoms with Gasteiger partial charge in [0.25, 0.3) is 0 Å². The summed E-state index contributed by atoms with van der Waals surface area (Å²) in [7, 11) is 1.75. The quantitative estimate of drug-likeness (QED) is 0.638. The molecule has 3 heteroatoms. The molecule has 0 rings (SSSR count). The summed E-state index contributed by atoms with van der Waals surface area (Å²) in [4.78, 5) is 2.45. The highest BCUT2D eigenvalue weighted by Gasteiger charge is 2.22. The van der Waals surface area contributed by atoms with Gasteiger partial charge in [0.05, 0.1) is 6.61 Å². The summed E-state index contributed by atoms with van der Waals surface area (Å²) in [6.07, 6.45) is 2.42. The van der Waals surface area contributed by atoms with Gasteiger partial charge in [0.2, 0.25) is 0 Å². The summed E-state index contributed by atoms with van der Waals surface area (Å²) < 4.78 is 5.13. The van der Waals surface area contributed by atoms with Crippen LogP contribution < -0.4 is 5.73 Å². The van der Waals surface area contributed by atoms with Crippen LogP contribution in [0.4, 0.5) is 0 Å². The molecule has 0 aromatic heterocycles. The molecule has 3 nitrogen and oxygen atoms in total. The number of nitrogens with zero attached hydrogens (tertiary/aromatic N) is 1. The molecule has 0 aliphatic carbocycles. The lowest BCUT2D eigenvalue weighted by Crippen LogP contribution is -2.46. The molecule has 15 heavy (non-hydrogen) atoms. The molecule has 1 unspecified atom stereocenters. The minimum atomic E-state index is 0.514. The van der Waals surface area contributed by atoms with Crippen molar-refractivity contribution in [1.29, 1.82) is 0 Å².